The molecule has 20 heavy (non-hydrogen) atoms. The lowest BCUT2D eigenvalue weighted by Crippen LogP contribution is -2.03. The molecule has 2 rings (SSSR count). The van der Waals surface area contributed by atoms with Crippen molar-refractivity contribution in [2.45, 2.75) is 11.4 Å². The topological polar surface area (TPSA) is 85.1 Å². The summed E-state index contributed by atoms with van der Waals surface area (Å²) in [6.45, 7) is 0.487. The number of rotatable bonds is 4. The largest absolute Gasteiger partial charge is 0.397 e. The van der Waals surface area contributed by atoms with Crippen molar-refractivity contribution >= 4 is 32.9 Å². The molecule has 0 spiro atoms. The fraction of sp³-hybridized carbons (Fsp3) is 0.154. The first-order chi connectivity index (χ1) is 9.36. The number of pyridine rings is 1. The summed E-state index contributed by atoms with van der Waals surface area (Å²) in [7, 11) is -3.17. The molecule has 0 bridgehead atoms. The van der Waals surface area contributed by atoms with Crippen molar-refractivity contribution < 1.29 is 8.42 Å². The highest BCUT2D eigenvalue weighted by atomic mass is 35.5. The molecule has 0 saturated heterocycles. The van der Waals surface area contributed by atoms with Crippen LogP contribution >= 0.6 is 11.6 Å². The molecular weight excluding hydrogens is 298 g/mol. The molecule has 1 aromatic carbocycles. The van der Waals surface area contributed by atoms with Gasteiger partial charge in [0.25, 0.3) is 0 Å². The number of benzene rings is 1. The van der Waals surface area contributed by atoms with Gasteiger partial charge in [-0.2, -0.15) is 0 Å². The highest BCUT2D eigenvalue weighted by molar-refractivity contribution is 7.90. The molecule has 2 aromatic rings. The fourth-order valence-corrected chi connectivity index (χ4v) is 2.50. The van der Waals surface area contributed by atoms with Gasteiger partial charge in [-0.25, -0.2) is 13.4 Å². The maximum atomic E-state index is 11.3. The SMILES string of the molecule is CS(=O)(=O)c1ccc(CNc2ncc(N)cc2Cl)cc1. The summed E-state index contributed by atoms with van der Waals surface area (Å²) in [6, 6.07) is 8.25. The Labute approximate surface area is 122 Å². The molecule has 1 aromatic heterocycles. The zero-order valence-electron chi connectivity index (χ0n) is 10.8. The van der Waals surface area contributed by atoms with Crippen LogP contribution in [0.2, 0.25) is 5.02 Å². The Morgan fingerprint density at radius 3 is 2.50 bits per heavy atom. The number of sulfone groups is 1. The van der Waals surface area contributed by atoms with Crippen LogP contribution in [-0.4, -0.2) is 19.7 Å². The van der Waals surface area contributed by atoms with Gasteiger partial charge in [-0.05, 0) is 23.8 Å². The average Bonchev–Trinajstić information content (AvgIpc) is 2.37. The van der Waals surface area contributed by atoms with Crippen LogP contribution in [0, 0.1) is 0 Å². The predicted octanol–water partition coefficient (Wildman–Crippen LogP) is 2.33. The smallest absolute Gasteiger partial charge is 0.175 e. The molecule has 0 radical (unpaired) electrons. The molecule has 0 aliphatic carbocycles. The molecule has 0 amide bonds. The Hall–Kier alpha value is -1.79. The second-order valence-electron chi connectivity index (χ2n) is 4.37. The summed E-state index contributed by atoms with van der Waals surface area (Å²) >= 11 is 6.00. The lowest BCUT2D eigenvalue weighted by Gasteiger charge is -2.08. The molecule has 0 fully saturated rings. The van der Waals surface area contributed by atoms with Gasteiger partial charge in [0.15, 0.2) is 9.84 Å². The van der Waals surface area contributed by atoms with E-state index in [0.717, 1.165) is 5.56 Å². The lowest BCUT2D eigenvalue weighted by atomic mass is 10.2. The Bertz CT molecular complexity index is 715. The van der Waals surface area contributed by atoms with Crippen LogP contribution in [0.4, 0.5) is 11.5 Å². The van der Waals surface area contributed by atoms with Crippen molar-refractivity contribution in [2.75, 3.05) is 17.3 Å². The summed E-state index contributed by atoms with van der Waals surface area (Å²) in [4.78, 5) is 4.38. The first-order valence-electron chi connectivity index (χ1n) is 5.80. The van der Waals surface area contributed by atoms with E-state index in [1.54, 1.807) is 30.3 Å². The number of nitrogens with two attached hydrogens (primary N) is 1. The standard InChI is InChI=1S/C13H14ClN3O2S/c1-20(18,19)11-4-2-9(3-5-11)7-16-13-12(14)6-10(15)8-17-13/h2-6,8H,7,15H2,1H3,(H,16,17). The average molecular weight is 312 g/mol. The number of anilines is 2. The van der Waals surface area contributed by atoms with Gasteiger partial charge in [0.05, 0.1) is 21.8 Å². The minimum atomic E-state index is -3.17. The van der Waals surface area contributed by atoms with E-state index in [4.69, 9.17) is 17.3 Å². The normalized spacial score (nSPS) is 11.3. The quantitative estimate of drug-likeness (QED) is 0.905. The van der Waals surface area contributed by atoms with E-state index in [9.17, 15) is 8.42 Å². The van der Waals surface area contributed by atoms with Gasteiger partial charge in [-0.1, -0.05) is 23.7 Å². The van der Waals surface area contributed by atoms with E-state index >= 15 is 0 Å². The van der Waals surface area contributed by atoms with Crippen molar-refractivity contribution in [3.63, 3.8) is 0 Å². The van der Waals surface area contributed by atoms with Gasteiger partial charge in [0.1, 0.15) is 5.82 Å². The number of nitrogen functional groups attached to an aromatic ring is 1. The summed E-state index contributed by atoms with van der Waals surface area (Å²) in [5.74, 6) is 0.535. The number of halogens is 1. The molecule has 106 valence electrons. The number of nitrogens with one attached hydrogen (secondary N) is 1. The highest BCUT2D eigenvalue weighted by Crippen LogP contribution is 2.21. The molecular formula is C13H14ClN3O2S. The zero-order chi connectivity index (χ0) is 14.8. The summed E-state index contributed by atoms with van der Waals surface area (Å²) in [5.41, 5.74) is 6.98. The zero-order valence-corrected chi connectivity index (χ0v) is 12.4. The number of hydrogen-bond donors (Lipinski definition) is 2. The molecule has 1 heterocycles. The van der Waals surface area contributed by atoms with Crippen LogP contribution in [0.5, 0.6) is 0 Å². The predicted molar refractivity (Wildman–Crippen MR) is 80.5 cm³/mol. The number of nitrogens with zero attached hydrogens (tertiary/aromatic N) is 1. The van der Waals surface area contributed by atoms with Crippen LogP contribution in [-0.2, 0) is 16.4 Å². The van der Waals surface area contributed by atoms with Crippen LogP contribution in [0.3, 0.4) is 0 Å². The van der Waals surface area contributed by atoms with Crippen LogP contribution in [0.1, 0.15) is 5.56 Å². The Morgan fingerprint density at radius 2 is 1.95 bits per heavy atom. The van der Waals surface area contributed by atoms with Crippen molar-refractivity contribution in [3.8, 4) is 0 Å². The van der Waals surface area contributed by atoms with Crippen molar-refractivity contribution in [1.29, 1.82) is 0 Å². The summed E-state index contributed by atoms with van der Waals surface area (Å²) < 4.78 is 22.7. The number of aromatic nitrogens is 1. The third kappa shape index (κ3) is 3.61. The maximum absolute atomic E-state index is 11.3. The molecule has 0 unspecified atom stereocenters. The van der Waals surface area contributed by atoms with Crippen LogP contribution in [0.15, 0.2) is 41.4 Å². The van der Waals surface area contributed by atoms with E-state index in [1.807, 2.05) is 0 Å². The highest BCUT2D eigenvalue weighted by Gasteiger charge is 2.06. The van der Waals surface area contributed by atoms with E-state index in [1.165, 1.54) is 12.5 Å². The third-order valence-corrected chi connectivity index (χ3v) is 4.09. The minimum Gasteiger partial charge on any atom is -0.397 e. The van der Waals surface area contributed by atoms with Crippen molar-refractivity contribution in [3.05, 3.63) is 47.1 Å². The van der Waals surface area contributed by atoms with E-state index in [2.05, 4.69) is 10.3 Å². The Morgan fingerprint density at radius 1 is 1.30 bits per heavy atom. The summed E-state index contributed by atoms with van der Waals surface area (Å²) in [5, 5.41) is 3.51. The second-order valence-corrected chi connectivity index (χ2v) is 6.79. The third-order valence-electron chi connectivity index (χ3n) is 2.67. The van der Waals surface area contributed by atoms with Crippen molar-refractivity contribution in [1.82, 2.24) is 4.98 Å². The van der Waals surface area contributed by atoms with E-state index < -0.39 is 9.84 Å². The fourth-order valence-electron chi connectivity index (χ4n) is 1.62. The first-order valence-corrected chi connectivity index (χ1v) is 8.07. The van der Waals surface area contributed by atoms with Gasteiger partial charge in [0.2, 0.25) is 0 Å². The van der Waals surface area contributed by atoms with Crippen molar-refractivity contribution in [2.24, 2.45) is 0 Å². The Balaban J connectivity index is 2.08. The van der Waals surface area contributed by atoms with Gasteiger partial charge in [-0.3, -0.25) is 0 Å². The monoisotopic (exact) mass is 311 g/mol. The molecule has 0 aliphatic rings. The van der Waals surface area contributed by atoms with Crippen LogP contribution in [0.25, 0.3) is 0 Å². The van der Waals surface area contributed by atoms with E-state index in [0.29, 0.717) is 28.0 Å². The van der Waals surface area contributed by atoms with E-state index in [-0.39, 0.29) is 0 Å². The minimum absolute atomic E-state index is 0.296. The van der Waals surface area contributed by atoms with Gasteiger partial charge in [-0.15, -0.1) is 0 Å². The lowest BCUT2D eigenvalue weighted by molar-refractivity contribution is 0.602. The molecule has 3 N–H and O–H groups in total. The van der Waals surface area contributed by atoms with Gasteiger partial charge in [0, 0.05) is 12.8 Å². The number of hydrogen-bond acceptors (Lipinski definition) is 5. The van der Waals surface area contributed by atoms with Gasteiger partial charge >= 0.3 is 0 Å². The molecule has 0 atom stereocenters. The van der Waals surface area contributed by atoms with Crippen LogP contribution < -0.4 is 11.1 Å². The maximum Gasteiger partial charge on any atom is 0.175 e. The molecule has 0 aliphatic heterocycles. The summed E-state index contributed by atoms with van der Waals surface area (Å²) in [6.07, 6.45) is 2.69. The molecule has 0 saturated carbocycles. The second kappa shape index (κ2) is 5.68. The molecule has 5 nitrogen and oxygen atoms in total. The van der Waals surface area contributed by atoms with Gasteiger partial charge < -0.3 is 11.1 Å². The first kappa shape index (κ1) is 14.6. The Kier molecular flexibility index (Phi) is 4.15. The molecule has 7 heteroatoms.